The third-order valence-corrected chi connectivity index (χ3v) is 3.36. The Bertz CT molecular complexity index is 887. The number of hydrogen-bond donors (Lipinski definition) is 1. The van der Waals surface area contributed by atoms with Crippen molar-refractivity contribution in [2.24, 2.45) is 0 Å². The van der Waals surface area contributed by atoms with Crippen LogP contribution < -0.4 is 0 Å². The van der Waals surface area contributed by atoms with Crippen LogP contribution in [0.5, 0.6) is 0 Å². The van der Waals surface area contributed by atoms with Crippen molar-refractivity contribution in [1.29, 1.82) is 0 Å². The molecule has 0 aliphatic carbocycles. The van der Waals surface area contributed by atoms with Crippen LogP contribution in [0.1, 0.15) is 5.56 Å². The summed E-state index contributed by atoms with van der Waals surface area (Å²) in [4.78, 5) is 7.54. The maximum absolute atomic E-state index is 4.35. The molecular formula is C14H11N5. The third-order valence-electron chi connectivity index (χ3n) is 3.36. The van der Waals surface area contributed by atoms with Gasteiger partial charge in [0.1, 0.15) is 5.65 Å². The molecule has 0 aliphatic rings. The van der Waals surface area contributed by atoms with Gasteiger partial charge < -0.3 is 4.98 Å². The molecule has 0 radical (unpaired) electrons. The van der Waals surface area contributed by atoms with Crippen LogP contribution in [0.3, 0.4) is 0 Å². The fraction of sp³-hybridized carbons (Fsp3) is 0.0714. The number of H-pyrrole nitrogens is 1. The molecule has 0 saturated carbocycles. The zero-order chi connectivity index (χ0) is 12.8. The van der Waals surface area contributed by atoms with Crippen LogP contribution >= 0.6 is 0 Å². The van der Waals surface area contributed by atoms with E-state index in [1.807, 2.05) is 36.8 Å². The van der Waals surface area contributed by atoms with Crippen LogP contribution in [-0.2, 0) is 0 Å². The molecule has 0 unspecified atom stereocenters. The summed E-state index contributed by atoms with van der Waals surface area (Å²) in [6.07, 6.45) is 7.37. The van der Waals surface area contributed by atoms with Gasteiger partial charge in [0, 0.05) is 29.5 Å². The third kappa shape index (κ3) is 1.38. The Balaban J connectivity index is 2.12. The maximum Gasteiger partial charge on any atom is 0.138 e. The molecule has 0 bridgehead atoms. The Labute approximate surface area is 108 Å². The molecule has 19 heavy (non-hydrogen) atoms. The van der Waals surface area contributed by atoms with Gasteiger partial charge in [-0.1, -0.05) is 0 Å². The van der Waals surface area contributed by atoms with E-state index in [0.717, 1.165) is 27.7 Å². The van der Waals surface area contributed by atoms with Crippen molar-refractivity contribution in [2.45, 2.75) is 6.92 Å². The Morgan fingerprint density at radius 3 is 3.00 bits per heavy atom. The van der Waals surface area contributed by atoms with E-state index >= 15 is 0 Å². The van der Waals surface area contributed by atoms with E-state index in [-0.39, 0.29) is 0 Å². The largest absolute Gasteiger partial charge is 0.346 e. The standard InChI is InChI=1S/C14H11N5/c1-9-7-16-14-13(9)10(4-6-15-14)11-8-18-19-12(11)3-2-5-17-19/h2-8H,1H3,(H,15,16). The first-order chi connectivity index (χ1) is 9.34. The number of hydrogen-bond acceptors (Lipinski definition) is 3. The van der Waals surface area contributed by atoms with Crippen molar-refractivity contribution in [2.75, 3.05) is 0 Å². The highest BCUT2D eigenvalue weighted by Gasteiger charge is 2.12. The molecule has 0 fully saturated rings. The molecule has 0 aromatic carbocycles. The van der Waals surface area contributed by atoms with Gasteiger partial charge in [-0.05, 0) is 36.2 Å². The van der Waals surface area contributed by atoms with Gasteiger partial charge >= 0.3 is 0 Å². The smallest absolute Gasteiger partial charge is 0.138 e. The van der Waals surface area contributed by atoms with Crippen LogP contribution in [0.4, 0.5) is 0 Å². The van der Waals surface area contributed by atoms with Crippen LogP contribution in [0.25, 0.3) is 27.7 Å². The summed E-state index contributed by atoms with van der Waals surface area (Å²) < 4.78 is 1.64. The lowest BCUT2D eigenvalue weighted by atomic mass is 10.0. The fourth-order valence-corrected chi connectivity index (χ4v) is 2.48. The molecule has 4 aromatic heterocycles. The minimum atomic E-state index is 0.901. The van der Waals surface area contributed by atoms with Crippen molar-refractivity contribution >= 4 is 16.6 Å². The van der Waals surface area contributed by atoms with E-state index < -0.39 is 0 Å². The summed E-state index contributed by atoms with van der Waals surface area (Å²) in [5, 5.41) is 9.63. The van der Waals surface area contributed by atoms with Gasteiger partial charge in [0.2, 0.25) is 0 Å². The predicted molar refractivity (Wildman–Crippen MR) is 72.8 cm³/mol. The number of pyridine rings is 1. The highest BCUT2D eigenvalue weighted by molar-refractivity contribution is 5.99. The first-order valence-electron chi connectivity index (χ1n) is 6.07. The highest BCUT2D eigenvalue weighted by atomic mass is 15.4. The number of rotatable bonds is 1. The van der Waals surface area contributed by atoms with E-state index in [2.05, 4.69) is 27.1 Å². The van der Waals surface area contributed by atoms with Gasteiger partial charge in [0.05, 0.1) is 11.7 Å². The summed E-state index contributed by atoms with van der Waals surface area (Å²) in [6, 6.07) is 5.96. The number of aromatic nitrogens is 5. The summed E-state index contributed by atoms with van der Waals surface area (Å²) in [7, 11) is 0. The van der Waals surface area contributed by atoms with Crippen molar-refractivity contribution in [3.8, 4) is 11.1 Å². The highest BCUT2D eigenvalue weighted by Crippen LogP contribution is 2.31. The SMILES string of the molecule is Cc1c[nH]c2nccc(-c3cnn4ncccc34)c12. The topological polar surface area (TPSA) is 58.9 Å². The number of aromatic amines is 1. The van der Waals surface area contributed by atoms with Crippen LogP contribution in [-0.4, -0.2) is 24.8 Å². The average Bonchev–Trinajstić information content (AvgIpc) is 3.03. The van der Waals surface area contributed by atoms with Gasteiger partial charge in [-0.15, -0.1) is 0 Å². The first-order valence-corrected chi connectivity index (χ1v) is 6.07. The number of aryl methyl sites for hydroxylation is 1. The second-order valence-corrected chi connectivity index (χ2v) is 4.51. The van der Waals surface area contributed by atoms with Crippen LogP contribution in [0.2, 0.25) is 0 Å². The van der Waals surface area contributed by atoms with Crippen LogP contribution in [0, 0.1) is 6.92 Å². The zero-order valence-electron chi connectivity index (χ0n) is 10.3. The lowest BCUT2D eigenvalue weighted by molar-refractivity contribution is 0.800. The van der Waals surface area contributed by atoms with Gasteiger partial charge in [-0.2, -0.15) is 14.8 Å². The Hall–Kier alpha value is -2.69. The minimum Gasteiger partial charge on any atom is -0.346 e. The van der Waals surface area contributed by atoms with E-state index in [9.17, 15) is 0 Å². The lowest BCUT2D eigenvalue weighted by Crippen LogP contribution is -1.90. The number of fused-ring (bicyclic) bond motifs is 2. The normalized spacial score (nSPS) is 11.4. The summed E-state index contributed by atoms with van der Waals surface area (Å²) >= 11 is 0. The Kier molecular flexibility index (Phi) is 1.97. The molecule has 0 atom stereocenters. The summed E-state index contributed by atoms with van der Waals surface area (Å²) in [5.41, 5.74) is 5.28. The number of nitrogens with one attached hydrogen (secondary N) is 1. The molecule has 4 aromatic rings. The molecule has 0 spiro atoms. The predicted octanol–water partition coefficient (Wildman–Crippen LogP) is 2.58. The average molecular weight is 249 g/mol. The van der Waals surface area contributed by atoms with Crippen molar-refractivity contribution in [3.05, 3.63) is 48.5 Å². The monoisotopic (exact) mass is 249 g/mol. The van der Waals surface area contributed by atoms with Gasteiger partial charge in [0.15, 0.2) is 0 Å². The van der Waals surface area contributed by atoms with Crippen molar-refractivity contribution in [1.82, 2.24) is 24.8 Å². The Morgan fingerprint density at radius 2 is 2.05 bits per heavy atom. The van der Waals surface area contributed by atoms with Gasteiger partial charge in [0.25, 0.3) is 0 Å². The molecule has 5 nitrogen and oxygen atoms in total. The fourth-order valence-electron chi connectivity index (χ4n) is 2.48. The van der Waals surface area contributed by atoms with E-state index in [4.69, 9.17) is 0 Å². The molecule has 0 saturated heterocycles. The zero-order valence-corrected chi connectivity index (χ0v) is 10.3. The Morgan fingerprint density at radius 1 is 1.11 bits per heavy atom. The van der Waals surface area contributed by atoms with E-state index in [0.29, 0.717) is 0 Å². The number of nitrogens with zero attached hydrogens (tertiary/aromatic N) is 4. The lowest BCUT2D eigenvalue weighted by Gasteiger charge is -2.02. The van der Waals surface area contributed by atoms with Crippen molar-refractivity contribution in [3.63, 3.8) is 0 Å². The quantitative estimate of drug-likeness (QED) is 0.564. The molecule has 0 aliphatic heterocycles. The molecule has 1 N–H and O–H groups in total. The van der Waals surface area contributed by atoms with E-state index in [1.54, 1.807) is 10.8 Å². The summed E-state index contributed by atoms with van der Waals surface area (Å²) in [5.74, 6) is 0. The first kappa shape index (κ1) is 10.3. The summed E-state index contributed by atoms with van der Waals surface area (Å²) in [6.45, 7) is 2.08. The molecule has 0 amide bonds. The molecule has 92 valence electrons. The molecule has 4 rings (SSSR count). The molecular weight excluding hydrogens is 238 g/mol. The van der Waals surface area contributed by atoms with E-state index in [1.165, 1.54) is 5.56 Å². The second kappa shape index (κ2) is 3.65. The maximum atomic E-state index is 4.35. The molecule has 5 heteroatoms. The molecule has 4 heterocycles. The van der Waals surface area contributed by atoms with Crippen LogP contribution in [0.15, 0.2) is 43.0 Å². The second-order valence-electron chi connectivity index (χ2n) is 4.51. The van der Waals surface area contributed by atoms with Gasteiger partial charge in [-0.3, -0.25) is 0 Å². The van der Waals surface area contributed by atoms with Crippen molar-refractivity contribution < 1.29 is 0 Å². The van der Waals surface area contributed by atoms with Gasteiger partial charge in [-0.25, -0.2) is 4.98 Å². The minimum absolute atomic E-state index is 0.901.